The van der Waals surface area contributed by atoms with Crippen molar-refractivity contribution in [3.05, 3.63) is 66.7 Å². The second kappa shape index (κ2) is 8.63. The molecule has 0 heterocycles. The summed E-state index contributed by atoms with van der Waals surface area (Å²) in [5, 5.41) is 0. The number of ether oxygens (including phenoxy) is 3. The van der Waals surface area contributed by atoms with E-state index in [-0.39, 0.29) is 0 Å². The topological polar surface area (TPSA) is 44.8 Å². The van der Waals surface area contributed by atoms with Gasteiger partial charge < -0.3 is 14.2 Å². The lowest BCUT2D eigenvalue weighted by Gasteiger charge is -2.07. The first-order chi connectivity index (χ1) is 11.2. The number of hydrogen-bond acceptors (Lipinski definition) is 4. The molecule has 0 aliphatic carbocycles. The molecule has 0 N–H and O–H groups in total. The van der Waals surface area contributed by atoms with Crippen molar-refractivity contribution in [3.63, 3.8) is 0 Å². The molecule has 0 aromatic heterocycles. The molecule has 2 aromatic carbocycles. The number of carbonyl (C=O) groups is 1. The first-order valence-electron chi connectivity index (χ1n) is 7.43. The molecule has 23 heavy (non-hydrogen) atoms. The molecule has 120 valence electrons. The molecule has 2 rings (SSSR count). The van der Waals surface area contributed by atoms with Crippen LogP contribution in [0, 0.1) is 0 Å². The molecule has 0 unspecified atom stereocenters. The highest BCUT2D eigenvalue weighted by Gasteiger charge is 2.09. The Bertz CT molecular complexity index is 629. The van der Waals surface area contributed by atoms with Gasteiger partial charge in [-0.3, -0.25) is 0 Å². The van der Waals surface area contributed by atoms with Crippen molar-refractivity contribution in [2.45, 2.75) is 12.8 Å². The van der Waals surface area contributed by atoms with E-state index in [0.29, 0.717) is 23.7 Å². The lowest BCUT2D eigenvalue weighted by atomic mass is 10.2. The van der Waals surface area contributed by atoms with Crippen LogP contribution in [-0.2, 0) is 0 Å². The predicted octanol–water partition coefficient (Wildman–Crippen LogP) is 4.26. The first-order valence-corrected chi connectivity index (χ1v) is 7.43. The lowest BCUT2D eigenvalue weighted by Crippen LogP contribution is -2.08. The Hall–Kier alpha value is -2.75. The summed E-state index contributed by atoms with van der Waals surface area (Å²) in [5.41, 5.74) is 0.472. The highest BCUT2D eigenvalue weighted by molar-refractivity contribution is 5.91. The summed E-state index contributed by atoms with van der Waals surface area (Å²) in [5.74, 6) is 1.51. The van der Waals surface area contributed by atoms with E-state index >= 15 is 0 Å². The third-order valence-corrected chi connectivity index (χ3v) is 3.18. The molecule has 0 radical (unpaired) electrons. The molecule has 0 atom stereocenters. The van der Waals surface area contributed by atoms with E-state index in [4.69, 9.17) is 14.2 Å². The summed E-state index contributed by atoms with van der Waals surface area (Å²) in [6.45, 7) is 4.29. The van der Waals surface area contributed by atoms with E-state index < -0.39 is 5.97 Å². The predicted molar refractivity (Wildman–Crippen MR) is 89.3 cm³/mol. The average Bonchev–Trinajstić information content (AvgIpc) is 2.60. The largest absolute Gasteiger partial charge is 0.497 e. The Morgan fingerprint density at radius 3 is 2.22 bits per heavy atom. The van der Waals surface area contributed by atoms with Gasteiger partial charge in [0.1, 0.15) is 17.2 Å². The van der Waals surface area contributed by atoms with Crippen molar-refractivity contribution < 1.29 is 19.0 Å². The van der Waals surface area contributed by atoms with Gasteiger partial charge in [-0.1, -0.05) is 6.08 Å². The van der Waals surface area contributed by atoms with E-state index in [9.17, 15) is 4.79 Å². The van der Waals surface area contributed by atoms with Gasteiger partial charge in [0.05, 0.1) is 19.3 Å². The molecule has 0 aliphatic rings. The van der Waals surface area contributed by atoms with E-state index in [0.717, 1.165) is 18.6 Å². The third-order valence-electron chi connectivity index (χ3n) is 3.18. The average molecular weight is 312 g/mol. The molecule has 4 nitrogen and oxygen atoms in total. The highest BCUT2D eigenvalue weighted by Crippen LogP contribution is 2.19. The van der Waals surface area contributed by atoms with Crippen LogP contribution in [0.15, 0.2) is 61.2 Å². The maximum atomic E-state index is 12.1. The molecule has 0 bridgehead atoms. The summed E-state index contributed by atoms with van der Waals surface area (Å²) in [7, 11) is 1.59. The number of carbonyl (C=O) groups excluding carboxylic acids is 1. The van der Waals surface area contributed by atoms with E-state index in [1.165, 1.54) is 0 Å². The van der Waals surface area contributed by atoms with Crippen molar-refractivity contribution in [1.29, 1.82) is 0 Å². The van der Waals surface area contributed by atoms with Crippen LogP contribution in [0.2, 0.25) is 0 Å². The molecule has 4 heteroatoms. The molecule has 0 fully saturated rings. The van der Waals surface area contributed by atoms with E-state index in [1.807, 2.05) is 6.08 Å². The fourth-order valence-electron chi connectivity index (χ4n) is 1.91. The Kier molecular flexibility index (Phi) is 6.24. The van der Waals surface area contributed by atoms with Gasteiger partial charge in [-0.05, 0) is 61.4 Å². The maximum Gasteiger partial charge on any atom is 0.343 e. The maximum absolute atomic E-state index is 12.1. The van der Waals surface area contributed by atoms with Crippen LogP contribution in [0.25, 0.3) is 0 Å². The number of rotatable bonds is 8. The number of hydrogen-bond donors (Lipinski definition) is 0. The Balaban J connectivity index is 1.90. The normalized spacial score (nSPS) is 9.96. The standard InChI is InChI=1S/C19H20O4/c1-3-4-5-14-22-17-8-6-15(7-9-17)19(20)23-18-12-10-16(21-2)11-13-18/h3,6-13H,1,4-5,14H2,2H3. The SMILES string of the molecule is C=CCCCOc1ccc(C(=O)Oc2ccc(OC)cc2)cc1. The summed E-state index contributed by atoms with van der Waals surface area (Å²) >= 11 is 0. The zero-order valence-electron chi connectivity index (χ0n) is 13.2. The van der Waals surface area contributed by atoms with Crippen molar-refractivity contribution in [2.75, 3.05) is 13.7 Å². The van der Waals surface area contributed by atoms with Gasteiger partial charge in [-0.2, -0.15) is 0 Å². The van der Waals surface area contributed by atoms with Crippen LogP contribution < -0.4 is 14.2 Å². The molecule has 0 saturated carbocycles. The van der Waals surface area contributed by atoms with Crippen molar-refractivity contribution in [2.24, 2.45) is 0 Å². The van der Waals surface area contributed by atoms with Gasteiger partial charge in [0.25, 0.3) is 0 Å². The van der Waals surface area contributed by atoms with E-state index in [2.05, 4.69) is 6.58 Å². The van der Waals surface area contributed by atoms with Gasteiger partial charge in [0.15, 0.2) is 0 Å². The summed E-state index contributed by atoms with van der Waals surface area (Å²) in [6, 6.07) is 13.8. The zero-order chi connectivity index (χ0) is 16.5. The van der Waals surface area contributed by atoms with Gasteiger partial charge in [-0.15, -0.1) is 6.58 Å². The number of methoxy groups -OCH3 is 1. The molecule has 2 aromatic rings. The van der Waals surface area contributed by atoms with Crippen LogP contribution in [0.4, 0.5) is 0 Å². The minimum absolute atomic E-state index is 0.409. The van der Waals surface area contributed by atoms with Crippen LogP contribution in [0.3, 0.4) is 0 Å². The number of unbranched alkanes of at least 4 members (excludes halogenated alkanes) is 1. The van der Waals surface area contributed by atoms with Crippen molar-refractivity contribution >= 4 is 5.97 Å². The molecular weight excluding hydrogens is 292 g/mol. The van der Waals surface area contributed by atoms with Gasteiger partial charge in [-0.25, -0.2) is 4.79 Å². The Labute approximate surface area is 136 Å². The van der Waals surface area contributed by atoms with E-state index in [1.54, 1.807) is 55.6 Å². The Morgan fingerprint density at radius 2 is 1.61 bits per heavy atom. The minimum atomic E-state index is -0.409. The summed E-state index contributed by atoms with van der Waals surface area (Å²) in [6.07, 6.45) is 3.71. The van der Waals surface area contributed by atoms with Crippen LogP contribution in [0.5, 0.6) is 17.2 Å². The molecule has 0 aliphatic heterocycles. The number of benzene rings is 2. The lowest BCUT2D eigenvalue weighted by molar-refractivity contribution is 0.0734. The van der Waals surface area contributed by atoms with Gasteiger partial charge in [0, 0.05) is 0 Å². The molecule has 0 saturated heterocycles. The molecule has 0 spiro atoms. The summed E-state index contributed by atoms with van der Waals surface area (Å²) < 4.78 is 15.9. The van der Waals surface area contributed by atoms with Crippen LogP contribution >= 0.6 is 0 Å². The van der Waals surface area contributed by atoms with Gasteiger partial charge >= 0.3 is 5.97 Å². The highest BCUT2D eigenvalue weighted by atomic mass is 16.5. The van der Waals surface area contributed by atoms with Gasteiger partial charge in [0.2, 0.25) is 0 Å². The number of allylic oxidation sites excluding steroid dienone is 1. The van der Waals surface area contributed by atoms with Crippen molar-refractivity contribution in [3.8, 4) is 17.2 Å². The quantitative estimate of drug-likeness (QED) is 0.316. The first kappa shape index (κ1) is 16.6. The van der Waals surface area contributed by atoms with Crippen LogP contribution in [-0.4, -0.2) is 19.7 Å². The Morgan fingerprint density at radius 1 is 1.00 bits per heavy atom. The third kappa shape index (κ3) is 5.18. The second-order valence-corrected chi connectivity index (χ2v) is 4.87. The monoisotopic (exact) mass is 312 g/mol. The fraction of sp³-hybridized carbons (Fsp3) is 0.211. The second-order valence-electron chi connectivity index (χ2n) is 4.87. The molecule has 0 amide bonds. The van der Waals surface area contributed by atoms with Crippen molar-refractivity contribution in [1.82, 2.24) is 0 Å². The minimum Gasteiger partial charge on any atom is -0.497 e. The smallest absolute Gasteiger partial charge is 0.343 e. The summed E-state index contributed by atoms with van der Waals surface area (Å²) in [4.78, 5) is 12.1. The zero-order valence-corrected chi connectivity index (χ0v) is 13.2. The molecular formula is C19H20O4. The number of esters is 1. The van der Waals surface area contributed by atoms with Crippen LogP contribution in [0.1, 0.15) is 23.2 Å². The fourth-order valence-corrected chi connectivity index (χ4v) is 1.91.